The molecule has 2 aromatic carbocycles. The van der Waals surface area contributed by atoms with Crippen LogP contribution in [0.15, 0.2) is 18.2 Å². The topological polar surface area (TPSA) is 169 Å². The molecule has 31 heavy (non-hydrogen) atoms. The van der Waals surface area contributed by atoms with Gasteiger partial charge in [-0.2, -0.15) is 0 Å². The number of hydrogen-bond acceptors (Lipinski definition) is 10. The predicted molar refractivity (Wildman–Crippen MR) is 106 cm³/mol. The van der Waals surface area contributed by atoms with Gasteiger partial charge in [-0.25, -0.2) is 0 Å². The minimum atomic E-state index is -1.67. The molecule has 0 amide bonds. The summed E-state index contributed by atoms with van der Waals surface area (Å²) in [6.07, 6.45) is -9.58. The maximum atomic E-state index is 11.0. The molecule has 8 atom stereocenters. The van der Waals surface area contributed by atoms with E-state index < -0.39 is 55.6 Å². The molecule has 0 bridgehead atoms. The highest BCUT2D eigenvalue weighted by Gasteiger charge is 2.45. The van der Waals surface area contributed by atoms with Gasteiger partial charge in [0.25, 0.3) is 0 Å². The number of benzene rings is 2. The van der Waals surface area contributed by atoms with Crippen molar-refractivity contribution in [2.24, 2.45) is 0 Å². The Labute approximate surface area is 177 Å². The molecule has 2 heterocycles. The second kappa shape index (κ2) is 8.06. The second-order valence-corrected chi connectivity index (χ2v) is 8.01. The number of aliphatic hydroxyl groups is 5. The summed E-state index contributed by atoms with van der Waals surface area (Å²) in [5.74, 6) is -0.514. The quantitative estimate of drug-likeness (QED) is 0.345. The third kappa shape index (κ3) is 3.60. The first kappa shape index (κ1) is 22.0. The van der Waals surface area contributed by atoms with Gasteiger partial charge in [-0.1, -0.05) is 0 Å². The first-order valence-corrected chi connectivity index (χ1v) is 9.97. The lowest BCUT2D eigenvalue weighted by Gasteiger charge is -2.39. The maximum Gasteiger partial charge on any atom is 0.229 e. The SMILES string of the molecule is CC1OC(C)C(O)c2cc3cc(O)cc(OC4OC(CO)C(O)C(O)C4O)c3c(O)c21. The van der Waals surface area contributed by atoms with Crippen molar-refractivity contribution in [3.63, 3.8) is 0 Å². The average molecular weight is 438 g/mol. The molecule has 0 radical (unpaired) electrons. The van der Waals surface area contributed by atoms with Crippen LogP contribution in [0.25, 0.3) is 10.8 Å². The predicted octanol–water partition coefficient (Wildman–Crippen LogP) is -0.0572. The molecule has 8 unspecified atom stereocenters. The molecule has 1 fully saturated rings. The molecule has 2 aliphatic heterocycles. The molecule has 7 N–H and O–H groups in total. The van der Waals surface area contributed by atoms with Crippen molar-refractivity contribution in [1.82, 2.24) is 0 Å². The Morgan fingerprint density at radius 3 is 2.32 bits per heavy atom. The van der Waals surface area contributed by atoms with E-state index in [-0.39, 0.29) is 22.6 Å². The zero-order valence-corrected chi connectivity index (χ0v) is 16.9. The van der Waals surface area contributed by atoms with Crippen LogP contribution in [0.4, 0.5) is 0 Å². The summed E-state index contributed by atoms with van der Waals surface area (Å²) in [5, 5.41) is 71.9. The molecule has 170 valence electrons. The van der Waals surface area contributed by atoms with Gasteiger partial charge < -0.3 is 50.0 Å². The lowest BCUT2D eigenvalue weighted by Crippen LogP contribution is -2.60. The molecule has 0 aromatic heterocycles. The normalized spacial score (nSPS) is 35.7. The summed E-state index contributed by atoms with van der Waals surface area (Å²) in [6, 6.07) is 4.20. The zero-order valence-electron chi connectivity index (χ0n) is 16.9. The van der Waals surface area contributed by atoms with Crippen LogP contribution in [0.1, 0.15) is 37.2 Å². The van der Waals surface area contributed by atoms with Crippen LogP contribution >= 0.6 is 0 Å². The van der Waals surface area contributed by atoms with E-state index >= 15 is 0 Å². The number of aliphatic hydroxyl groups excluding tert-OH is 5. The molecule has 2 aromatic rings. The van der Waals surface area contributed by atoms with Crippen molar-refractivity contribution >= 4 is 10.8 Å². The molecule has 1 saturated heterocycles. The minimum absolute atomic E-state index is 0.0695. The van der Waals surface area contributed by atoms with Crippen molar-refractivity contribution in [1.29, 1.82) is 0 Å². The molecule has 0 aliphatic carbocycles. The zero-order chi connectivity index (χ0) is 22.6. The standard InChI is InChI=1S/C21H26O10/c1-7-14-11(16(24)8(2)29-7)4-9-3-10(23)5-12(15(9)18(14)26)30-21-20(28)19(27)17(25)13(6-22)31-21/h3-5,7-8,13,16-17,19-28H,6H2,1-2H3. The lowest BCUT2D eigenvalue weighted by molar-refractivity contribution is -0.277. The number of ether oxygens (including phenoxy) is 3. The number of rotatable bonds is 3. The van der Waals surface area contributed by atoms with E-state index in [2.05, 4.69) is 0 Å². The molecular weight excluding hydrogens is 412 g/mol. The summed E-state index contributed by atoms with van der Waals surface area (Å²) in [5.41, 5.74) is 0.822. The van der Waals surface area contributed by atoms with Gasteiger partial charge in [-0.3, -0.25) is 0 Å². The second-order valence-electron chi connectivity index (χ2n) is 8.01. The molecular formula is C21H26O10. The van der Waals surface area contributed by atoms with E-state index in [0.29, 0.717) is 16.5 Å². The summed E-state index contributed by atoms with van der Waals surface area (Å²) in [6.45, 7) is 2.81. The largest absolute Gasteiger partial charge is 0.508 e. The van der Waals surface area contributed by atoms with Gasteiger partial charge >= 0.3 is 0 Å². The number of phenolic OH excluding ortho intramolecular Hbond substituents is 2. The van der Waals surface area contributed by atoms with Gasteiger partial charge in [0.1, 0.15) is 47.8 Å². The Morgan fingerprint density at radius 2 is 1.65 bits per heavy atom. The van der Waals surface area contributed by atoms with Crippen LogP contribution in [-0.2, 0) is 9.47 Å². The fourth-order valence-electron chi connectivity index (χ4n) is 4.28. The van der Waals surface area contributed by atoms with Crippen LogP contribution in [0.2, 0.25) is 0 Å². The summed E-state index contributed by atoms with van der Waals surface area (Å²) >= 11 is 0. The number of aromatic hydroxyl groups is 2. The van der Waals surface area contributed by atoms with Crippen molar-refractivity contribution in [2.45, 2.75) is 62.9 Å². The Bertz CT molecular complexity index is 977. The van der Waals surface area contributed by atoms with Crippen molar-refractivity contribution in [2.75, 3.05) is 6.61 Å². The first-order chi connectivity index (χ1) is 14.6. The number of phenols is 2. The van der Waals surface area contributed by atoms with E-state index in [1.54, 1.807) is 19.9 Å². The van der Waals surface area contributed by atoms with Gasteiger partial charge in [0.15, 0.2) is 0 Å². The van der Waals surface area contributed by atoms with Crippen molar-refractivity contribution in [3.05, 3.63) is 29.3 Å². The van der Waals surface area contributed by atoms with Gasteiger partial charge in [0, 0.05) is 11.6 Å². The molecule has 10 heteroatoms. The summed E-state index contributed by atoms with van der Waals surface area (Å²) in [4.78, 5) is 0. The van der Waals surface area contributed by atoms with Gasteiger partial charge in [-0.15, -0.1) is 0 Å². The molecule has 0 spiro atoms. The number of fused-ring (bicyclic) bond motifs is 2. The van der Waals surface area contributed by atoms with Gasteiger partial charge in [0.2, 0.25) is 6.29 Å². The van der Waals surface area contributed by atoms with Gasteiger partial charge in [-0.05, 0) is 36.9 Å². The van der Waals surface area contributed by atoms with Crippen LogP contribution in [0.3, 0.4) is 0 Å². The van der Waals surface area contributed by atoms with E-state index in [4.69, 9.17) is 14.2 Å². The smallest absolute Gasteiger partial charge is 0.229 e. The highest BCUT2D eigenvalue weighted by molar-refractivity contribution is 5.96. The maximum absolute atomic E-state index is 11.0. The Balaban J connectivity index is 1.81. The molecule has 10 nitrogen and oxygen atoms in total. The van der Waals surface area contributed by atoms with Crippen LogP contribution in [0, 0.1) is 0 Å². The fraction of sp³-hybridized carbons (Fsp3) is 0.524. The molecule has 0 saturated carbocycles. The Hall–Kier alpha value is -2.18. The highest BCUT2D eigenvalue weighted by atomic mass is 16.7. The van der Waals surface area contributed by atoms with Crippen LogP contribution < -0.4 is 4.74 Å². The highest BCUT2D eigenvalue weighted by Crippen LogP contribution is 2.48. The van der Waals surface area contributed by atoms with Crippen molar-refractivity contribution < 1.29 is 50.0 Å². The molecule has 2 aliphatic rings. The van der Waals surface area contributed by atoms with E-state index in [0.717, 1.165) is 0 Å². The summed E-state index contributed by atoms with van der Waals surface area (Å²) in [7, 11) is 0. The monoisotopic (exact) mass is 438 g/mol. The van der Waals surface area contributed by atoms with E-state index in [9.17, 15) is 35.7 Å². The Kier molecular flexibility index (Phi) is 5.73. The minimum Gasteiger partial charge on any atom is -0.508 e. The Morgan fingerprint density at radius 1 is 0.935 bits per heavy atom. The van der Waals surface area contributed by atoms with E-state index in [1.807, 2.05) is 0 Å². The van der Waals surface area contributed by atoms with Gasteiger partial charge in [0.05, 0.1) is 24.2 Å². The number of hydrogen-bond donors (Lipinski definition) is 7. The summed E-state index contributed by atoms with van der Waals surface area (Å²) < 4.78 is 16.7. The van der Waals surface area contributed by atoms with Crippen LogP contribution in [0.5, 0.6) is 17.2 Å². The van der Waals surface area contributed by atoms with Crippen molar-refractivity contribution in [3.8, 4) is 17.2 Å². The third-order valence-corrected chi connectivity index (χ3v) is 5.91. The average Bonchev–Trinajstić information content (AvgIpc) is 2.71. The van der Waals surface area contributed by atoms with Crippen LogP contribution in [-0.4, -0.2) is 79.2 Å². The third-order valence-electron chi connectivity index (χ3n) is 5.91. The fourth-order valence-corrected chi connectivity index (χ4v) is 4.28. The first-order valence-electron chi connectivity index (χ1n) is 9.97. The molecule has 4 rings (SSSR count). The lowest BCUT2D eigenvalue weighted by atomic mass is 9.88. The van der Waals surface area contributed by atoms with E-state index in [1.165, 1.54) is 12.1 Å².